The van der Waals surface area contributed by atoms with Gasteiger partial charge in [-0.3, -0.25) is 4.98 Å². The molecule has 2 N–H and O–H groups in total. The van der Waals surface area contributed by atoms with Crippen LogP contribution in [0.15, 0.2) is 73.1 Å². The van der Waals surface area contributed by atoms with Gasteiger partial charge in [-0.15, -0.1) is 0 Å². The zero-order valence-corrected chi connectivity index (χ0v) is 21.0. The van der Waals surface area contributed by atoms with Crippen LogP contribution < -0.4 is 10.6 Å². The van der Waals surface area contributed by atoms with E-state index in [1.165, 1.54) is 11.1 Å². The number of fused-ring (bicyclic) bond motifs is 1. The maximum atomic E-state index is 6.47. The van der Waals surface area contributed by atoms with E-state index in [1.54, 1.807) is 19.5 Å². The Hall–Kier alpha value is -3.52. The summed E-state index contributed by atoms with van der Waals surface area (Å²) >= 11 is 6.47. The first-order valence-electron chi connectivity index (χ1n) is 12.1. The Morgan fingerprint density at radius 1 is 0.944 bits per heavy atom. The number of hydrogen-bond donors (Lipinski definition) is 2. The number of rotatable bonds is 8. The van der Waals surface area contributed by atoms with Gasteiger partial charge in [0.05, 0.1) is 18.5 Å². The van der Waals surface area contributed by atoms with Gasteiger partial charge >= 0.3 is 0 Å². The summed E-state index contributed by atoms with van der Waals surface area (Å²) in [5.41, 5.74) is 6.41. The second-order valence-electron chi connectivity index (χ2n) is 8.72. The highest BCUT2D eigenvalue weighted by atomic mass is 35.5. The second-order valence-corrected chi connectivity index (χ2v) is 9.13. The fraction of sp³-hybridized carbons (Fsp3) is 0.250. The molecule has 8 heteroatoms. The fourth-order valence-electron chi connectivity index (χ4n) is 4.40. The van der Waals surface area contributed by atoms with Gasteiger partial charge in [0.25, 0.3) is 0 Å². The van der Waals surface area contributed by atoms with Crippen molar-refractivity contribution in [1.29, 1.82) is 0 Å². The lowest BCUT2D eigenvalue weighted by Gasteiger charge is -2.18. The molecule has 184 valence electrons. The van der Waals surface area contributed by atoms with Crippen molar-refractivity contribution in [3.05, 3.63) is 89.2 Å². The molecule has 0 radical (unpaired) electrons. The van der Waals surface area contributed by atoms with Gasteiger partial charge in [-0.25, -0.2) is 4.98 Å². The van der Waals surface area contributed by atoms with E-state index in [-0.39, 0.29) is 0 Å². The molecular weight excluding hydrogens is 472 g/mol. The van der Waals surface area contributed by atoms with Crippen LogP contribution in [0, 0.1) is 0 Å². The molecule has 4 aromatic rings. The minimum Gasteiger partial charge on any atom is -0.383 e. The van der Waals surface area contributed by atoms with E-state index in [4.69, 9.17) is 16.3 Å². The van der Waals surface area contributed by atoms with E-state index in [0.717, 1.165) is 61.7 Å². The maximum absolute atomic E-state index is 6.47. The molecular formula is C28H29ClN6O. The summed E-state index contributed by atoms with van der Waals surface area (Å²) in [7, 11) is 1.75. The Morgan fingerprint density at radius 2 is 1.78 bits per heavy atom. The molecule has 0 atom stereocenters. The van der Waals surface area contributed by atoms with Crippen molar-refractivity contribution in [3.8, 4) is 11.3 Å². The number of nitrogens with zero attached hydrogens (tertiary/aromatic N) is 4. The Kier molecular flexibility index (Phi) is 7.71. The van der Waals surface area contributed by atoms with Gasteiger partial charge in [0.2, 0.25) is 5.95 Å². The second kappa shape index (κ2) is 11.5. The summed E-state index contributed by atoms with van der Waals surface area (Å²) in [4.78, 5) is 16.0. The van der Waals surface area contributed by atoms with Crippen LogP contribution >= 0.6 is 11.6 Å². The molecule has 0 unspecified atom stereocenters. The largest absolute Gasteiger partial charge is 0.383 e. The molecule has 0 spiro atoms. The van der Waals surface area contributed by atoms with E-state index in [1.807, 2.05) is 42.5 Å². The lowest BCUT2D eigenvalue weighted by Crippen LogP contribution is -2.29. The lowest BCUT2D eigenvalue weighted by molar-refractivity contribution is 0.150. The molecule has 36 heavy (non-hydrogen) atoms. The summed E-state index contributed by atoms with van der Waals surface area (Å²) < 4.78 is 5.25. The number of pyridine rings is 1. The van der Waals surface area contributed by atoms with Crippen molar-refractivity contribution >= 4 is 34.7 Å². The maximum Gasteiger partial charge on any atom is 0.229 e. The van der Waals surface area contributed by atoms with Crippen molar-refractivity contribution in [2.24, 2.45) is 0 Å². The number of methoxy groups -OCH3 is 1. The topological polar surface area (TPSA) is 75.2 Å². The average molecular weight is 501 g/mol. The zero-order chi connectivity index (χ0) is 24.7. The molecule has 0 saturated carbocycles. The molecule has 0 amide bonds. The van der Waals surface area contributed by atoms with Crippen molar-refractivity contribution < 1.29 is 4.74 Å². The van der Waals surface area contributed by atoms with E-state index in [9.17, 15) is 0 Å². The fourth-order valence-corrected chi connectivity index (χ4v) is 4.54. The first-order chi connectivity index (χ1) is 17.7. The first-order valence-corrected chi connectivity index (χ1v) is 12.5. The molecule has 1 aliphatic heterocycles. The highest BCUT2D eigenvalue weighted by Crippen LogP contribution is 2.31. The van der Waals surface area contributed by atoms with Crippen molar-refractivity contribution in [2.75, 3.05) is 44.0 Å². The zero-order valence-electron chi connectivity index (χ0n) is 20.2. The van der Waals surface area contributed by atoms with Crippen molar-refractivity contribution in [2.45, 2.75) is 12.8 Å². The van der Waals surface area contributed by atoms with Crippen LogP contribution in [0.25, 0.3) is 11.3 Å². The quantitative estimate of drug-likeness (QED) is 0.320. The molecule has 3 heterocycles. The predicted molar refractivity (Wildman–Crippen MR) is 145 cm³/mol. The van der Waals surface area contributed by atoms with Gasteiger partial charge in [0.1, 0.15) is 5.02 Å². The van der Waals surface area contributed by atoms with Crippen LogP contribution in [0.4, 0.5) is 23.1 Å². The average Bonchev–Trinajstić information content (AvgIpc) is 3.12. The van der Waals surface area contributed by atoms with Gasteiger partial charge in [-0.1, -0.05) is 41.9 Å². The van der Waals surface area contributed by atoms with Crippen LogP contribution in [0.3, 0.4) is 0 Å². The van der Waals surface area contributed by atoms with E-state index in [0.29, 0.717) is 16.8 Å². The van der Waals surface area contributed by atoms with Crippen molar-refractivity contribution in [3.63, 3.8) is 0 Å². The molecule has 1 aliphatic rings. The summed E-state index contributed by atoms with van der Waals surface area (Å²) in [6, 6.07) is 20.3. The molecule has 0 fully saturated rings. The van der Waals surface area contributed by atoms with Crippen LogP contribution in [-0.4, -0.2) is 53.2 Å². The molecule has 7 nitrogen and oxygen atoms in total. The highest BCUT2D eigenvalue weighted by Gasteiger charge is 2.15. The highest BCUT2D eigenvalue weighted by molar-refractivity contribution is 6.33. The van der Waals surface area contributed by atoms with Gasteiger partial charge in [-0.2, -0.15) is 4.98 Å². The molecule has 0 aliphatic carbocycles. The minimum absolute atomic E-state index is 0.439. The van der Waals surface area contributed by atoms with Crippen LogP contribution in [0.5, 0.6) is 0 Å². The first kappa shape index (κ1) is 24.2. The Bertz CT molecular complexity index is 1320. The number of halogens is 1. The third-order valence-electron chi connectivity index (χ3n) is 6.33. The third kappa shape index (κ3) is 5.82. The van der Waals surface area contributed by atoms with Gasteiger partial charge in [-0.05, 0) is 54.3 Å². The summed E-state index contributed by atoms with van der Waals surface area (Å²) in [5.74, 6) is 1.01. The number of nitrogens with one attached hydrogen (secondary N) is 2. The number of para-hydroxylation sites is 1. The van der Waals surface area contributed by atoms with Gasteiger partial charge < -0.3 is 20.3 Å². The Morgan fingerprint density at radius 3 is 2.61 bits per heavy atom. The number of hydrogen-bond acceptors (Lipinski definition) is 7. The number of benzene rings is 2. The van der Waals surface area contributed by atoms with E-state index in [2.05, 4.69) is 48.7 Å². The normalized spacial score (nSPS) is 13.6. The van der Waals surface area contributed by atoms with Crippen LogP contribution in [0.1, 0.15) is 11.1 Å². The van der Waals surface area contributed by atoms with Gasteiger partial charge in [0, 0.05) is 49.9 Å². The van der Waals surface area contributed by atoms with E-state index >= 15 is 0 Å². The molecule has 2 aromatic heterocycles. The van der Waals surface area contributed by atoms with Crippen LogP contribution in [0.2, 0.25) is 5.02 Å². The lowest BCUT2D eigenvalue weighted by atomic mass is 10.0. The monoisotopic (exact) mass is 500 g/mol. The van der Waals surface area contributed by atoms with Crippen LogP contribution in [-0.2, 0) is 17.6 Å². The summed E-state index contributed by atoms with van der Waals surface area (Å²) in [6.45, 7) is 3.81. The predicted octanol–water partition coefficient (Wildman–Crippen LogP) is 5.73. The van der Waals surface area contributed by atoms with Crippen molar-refractivity contribution in [1.82, 2.24) is 19.9 Å². The third-order valence-corrected chi connectivity index (χ3v) is 6.61. The smallest absolute Gasteiger partial charge is 0.229 e. The van der Waals surface area contributed by atoms with Gasteiger partial charge in [0.15, 0.2) is 5.82 Å². The summed E-state index contributed by atoms with van der Waals surface area (Å²) in [5, 5.41) is 7.16. The SMILES string of the molecule is COCCN1CCc2ccc(Nc3ncc(Cl)c(Nc4ccccc4-c4ccccn4)n3)cc2CC1. The molecule has 5 rings (SSSR count). The Labute approximate surface area is 216 Å². The molecule has 0 saturated heterocycles. The minimum atomic E-state index is 0.439. The number of aromatic nitrogens is 3. The number of ether oxygens (including phenoxy) is 1. The summed E-state index contributed by atoms with van der Waals surface area (Å²) in [6.07, 6.45) is 5.44. The molecule has 2 aromatic carbocycles. The van der Waals surface area contributed by atoms with E-state index < -0.39 is 0 Å². The Balaban J connectivity index is 1.33. The molecule has 0 bridgehead atoms. The number of anilines is 4. The standard InChI is InChI=1S/C28H29ClN6O/c1-36-17-16-35-14-11-20-9-10-22(18-21(20)12-15-35)32-28-31-19-24(29)27(34-28)33-26-8-3-2-6-23(26)25-7-4-5-13-30-25/h2-10,13,18-19H,11-12,14-17H2,1H3,(H2,31,32,33,34).